The lowest BCUT2D eigenvalue weighted by molar-refractivity contribution is -0.191. The van der Waals surface area contributed by atoms with Gasteiger partial charge in [0.15, 0.2) is 0 Å². The first-order valence-corrected chi connectivity index (χ1v) is 4.02. The highest BCUT2D eigenvalue weighted by Gasteiger charge is 2.37. The molecule has 0 radical (unpaired) electrons. The molecular formula is C8H14O4. The fraction of sp³-hybridized carbons (Fsp3) is 0.875. The summed E-state index contributed by atoms with van der Waals surface area (Å²) in [6.07, 6.45) is 0. The van der Waals surface area contributed by atoms with Crippen LogP contribution in [0.4, 0.5) is 0 Å². The maximum atomic E-state index is 11.3. The Labute approximate surface area is 71.8 Å². The summed E-state index contributed by atoms with van der Waals surface area (Å²) in [5.41, 5.74) is -0.617. The second-order valence-electron chi connectivity index (χ2n) is 3.10. The largest absolute Gasteiger partial charge is 0.465 e. The van der Waals surface area contributed by atoms with Gasteiger partial charge in [0.2, 0.25) is 0 Å². The van der Waals surface area contributed by atoms with Gasteiger partial charge in [-0.3, -0.25) is 4.79 Å². The van der Waals surface area contributed by atoms with E-state index in [-0.39, 0.29) is 12.8 Å². The van der Waals surface area contributed by atoms with Crippen molar-refractivity contribution in [2.45, 2.75) is 13.8 Å². The molecule has 0 atom stereocenters. The topological polar surface area (TPSA) is 44.8 Å². The van der Waals surface area contributed by atoms with Crippen LogP contribution < -0.4 is 0 Å². The summed E-state index contributed by atoms with van der Waals surface area (Å²) in [5, 5.41) is 0. The van der Waals surface area contributed by atoms with Gasteiger partial charge in [0.25, 0.3) is 0 Å². The third-order valence-electron chi connectivity index (χ3n) is 1.78. The van der Waals surface area contributed by atoms with Gasteiger partial charge in [-0.05, 0) is 13.8 Å². The monoisotopic (exact) mass is 174 g/mol. The summed E-state index contributed by atoms with van der Waals surface area (Å²) in [4.78, 5) is 11.3. The second-order valence-corrected chi connectivity index (χ2v) is 3.10. The van der Waals surface area contributed by atoms with E-state index in [1.165, 1.54) is 0 Å². The van der Waals surface area contributed by atoms with Gasteiger partial charge in [0.1, 0.15) is 12.2 Å². The van der Waals surface area contributed by atoms with Crippen molar-refractivity contribution in [3.63, 3.8) is 0 Å². The SMILES string of the molecule is CCOC(=O)C1(C)COCOC1. The van der Waals surface area contributed by atoms with Crippen LogP contribution in [-0.2, 0) is 19.0 Å². The summed E-state index contributed by atoms with van der Waals surface area (Å²) in [6, 6.07) is 0. The Morgan fingerprint density at radius 3 is 2.58 bits per heavy atom. The van der Waals surface area contributed by atoms with Gasteiger partial charge < -0.3 is 14.2 Å². The van der Waals surface area contributed by atoms with Crippen molar-refractivity contribution < 1.29 is 19.0 Å². The third kappa shape index (κ3) is 1.95. The smallest absolute Gasteiger partial charge is 0.316 e. The molecular weight excluding hydrogens is 160 g/mol. The molecule has 1 fully saturated rings. The van der Waals surface area contributed by atoms with Crippen LogP contribution in [0.25, 0.3) is 0 Å². The van der Waals surface area contributed by atoms with Crippen LogP contribution in [0.1, 0.15) is 13.8 Å². The Bertz CT molecular complexity index is 160. The average molecular weight is 174 g/mol. The van der Waals surface area contributed by atoms with Crippen LogP contribution >= 0.6 is 0 Å². The van der Waals surface area contributed by atoms with Crippen LogP contribution in [0.2, 0.25) is 0 Å². The standard InChI is InChI=1S/C8H14O4/c1-3-12-7(9)8(2)4-10-6-11-5-8/h3-6H2,1-2H3. The van der Waals surface area contributed by atoms with Crippen LogP contribution in [0.15, 0.2) is 0 Å². The third-order valence-corrected chi connectivity index (χ3v) is 1.78. The highest BCUT2D eigenvalue weighted by atomic mass is 16.7. The van der Waals surface area contributed by atoms with Gasteiger partial charge in [0, 0.05) is 0 Å². The Morgan fingerprint density at radius 2 is 2.08 bits per heavy atom. The maximum Gasteiger partial charge on any atom is 0.316 e. The number of esters is 1. The molecule has 1 rings (SSSR count). The molecule has 0 aromatic heterocycles. The van der Waals surface area contributed by atoms with E-state index in [4.69, 9.17) is 14.2 Å². The number of hydrogen-bond acceptors (Lipinski definition) is 4. The molecule has 0 saturated carbocycles. The molecule has 4 heteroatoms. The van der Waals surface area contributed by atoms with Crippen molar-refractivity contribution in [1.29, 1.82) is 0 Å². The zero-order chi connectivity index (χ0) is 9.03. The van der Waals surface area contributed by atoms with Gasteiger partial charge in [0.05, 0.1) is 19.8 Å². The fourth-order valence-electron chi connectivity index (χ4n) is 1.06. The number of carbonyl (C=O) groups is 1. The summed E-state index contributed by atoms with van der Waals surface area (Å²) in [5.74, 6) is -0.246. The Morgan fingerprint density at radius 1 is 1.50 bits per heavy atom. The van der Waals surface area contributed by atoms with E-state index >= 15 is 0 Å². The van der Waals surface area contributed by atoms with Crippen LogP contribution in [0.5, 0.6) is 0 Å². The Hall–Kier alpha value is -0.610. The van der Waals surface area contributed by atoms with Crippen LogP contribution in [-0.4, -0.2) is 32.6 Å². The first-order valence-electron chi connectivity index (χ1n) is 4.02. The molecule has 1 saturated heterocycles. The van der Waals surface area contributed by atoms with Crippen molar-refractivity contribution in [2.75, 3.05) is 26.6 Å². The summed E-state index contributed by atoms with van der Waals surface area (Å²) < 4.78 is 14.9. The molecule has 1 aliphatic rings. The molecule has 70 valence electrons. The van der Waals surface area contributed by atoms with Gasteiger partial charge >= 0.3 is 5.97 Å². The van der Waals surface area contributed by atoms with Gasteiger partial charge in [-0.2, -0.15) is 0 Å². The zero-order valence-electron chi connectivity index (χ0n) is 7.46. The predicted molar refractivity (Wildman–Crippen MR) is 41.5 cm³/mol. The summed E-state index contributed by atoms with van der Waals surface area (Å²) in [7, 11) is 0. The first kappa shape index (κ1) is 9.48. The Kier molecular flexibility index (Phi) is 3.05. The molecule has 0 aliphatic carbocycles. The van der Waals surface area contributed by atoms with E-state index in [0.717, 1.165) is 0 Å². The quantitative estimate of drug-likeness (QED) is 0.574. The molecule has 0 spiro atoms. The first-order chi connectivity index (χ1) is 5.69. The molecule has 0 bridgehead atoms. The van der Waals surface area contributed by atoms with Crippen molar-refractivity contribution in [3.8, 4) is 0 Å². The van der Waals surface area contributed by atoms with E-state index in [1.54, 1.807) is 13.8 Å². The van der Waals surface area contributed by atoms with Crippen molar-refractivity contribution in [2.24, 2.45) is 5.41 Å². The minimum absolute atomic E-state index is 0.246. The summed E-state index contributed by atoms with van der Waals surface area (Å²) in [6.45, 7) is 5.00. The zero-order valence-corrected chi connectivity index (χ0v) is 7.46. The highest BCUT2D eigenvalue weighted by Crippen LogP contribution is 2.22. The minimum atomic E-state index is -0.617. The van der Waals surface area contributed by atoms with E-state index in [0.29, 0.717) is 19.8 Å². The van der Waals surface area contributed by atoms with Crippen LogP contribution in [0.3, 0.4) is 0 Å². The van der Waals surface area contributed by atoms with E-state index in [9.17, 15) is 4.79 Å². The van der Waals surface area contributed by atoms with E-state index in [2.05, 4.69) is 0 Å². The number of hydrogen-bond donors (Lipinski definition) is 0. The minimum Gasteiger partial charge on any atom is -0.465 e. The van der Waals surface area contributed by atoms with Gasteiger partial charge in [-0.15, -0.1) is 0 Å². The molecule has 0 aromatic rings. The normalized spacial score (nSPS) is 21.8. The number of carbonyl (C=O) groups excluding carboxylic acids is 1. The Balaban J connectivity index is 2.50. The number of ether oxygens (including phenoxy) is 3. The van der Waals surface area contributed by atoms with Gasteiger partial charge in [-0.1, -0.05) is 0 Å². The van der Waals surface area contributed by atoms with Gasteiger partial charge in [-0.25, -0.2) is 0 Å². The summed E-state index contributed by atoms with van der Waals surface area (Å²) >= 11 is 0. The molecule has 0 unspecified atom stereocenters. The van der Waals surface area contributed by atoms with Crippen molar-refractivity contribution in [3.05, 3.63) is 0 Å². The lowest BCUT2D eigenvalue weighted by Crippen LogP contribution is -2.42. The maximum absolute atomic E-state index is 11.3. The molecule has 0 aromatic carbocycles. The molecule has 0 N–H and O–H groups in total. The lowest BCUT2D eigenvalue weighted by atomic mass is 9.93. The molecule has 4 nitrogen and oxygen atoms in total. The van der Waals surface area contributed by atoms with E-state index < -0.39 is 5.41 Å². The highest BCUT2D eigenvalue weighted by molar-refractivity contribution is 5.76. The van der Waals surface area contributed by atoms with E-state index in [1.807, 2.05) is 0 Å². The lowest BCUT2D eigenvalue weighted by Gasteiger charge is -2.30. The molecule has 1 aliphatic heterocycles. The number of rotatable bonds is 2. The average Bonchev–Trinajstić information content (AvgIpc) is 2.06. The predicted octanol–water partition coefficient (Wildman–Crippen LogP) is 0.560. The van der Waals surface area contributed by atoms with Crippen molar-refractivity contribution in [1.82, 2.24) is 0 Å². The molecule has 1 heterocycles. The van der Waals surface area contributed by atoms with Crippen molar-refractivity contribution >= 4 is 5.97 Å². The molecule has 0 amide bonds. The molecule has 12 heavy (non-hydrogen) atoms. The van der Waals surface area contributed by atoms with Crippen LogP contribution in [0, 0.1) is 5.41 Å². The second kappa shape index (κ2) is 3.87. The fourth-order valence-corrected chi connectivity index (χ4v) is 1.06.